The fraction of sp³-hybridized carbons (Fsp3) is 0.192. The molecule has 0 saturated carbocycles. The minimum atomic E-state index is -3.80. The Morgan fingerprint density at radius 3 is 2.21 bits per heavy atom. The number of hydrogen-bond donors (Lipinski definition) is 0. The van der Waals surface area contributed by atoms with Crippen LogP contribution in [0, 0.1) is 11.5 Å². The van der Waals surface area contributed by atoms with Crippen LogP contribution in [-0.2, 0) is 10.0 Å². The summed E-state index contributed by atoms with van der Waals surface area (Å²) in [7, 11) is -1.46. The Labute approximate surface area is 196 Å². The van der Waals surface area contributed by atoms with Crippen LogP contribution in [0.15, 0.2) is 78.0 Å². The second kappa shape index (κ2) is 8.54. The Balaban J connectivity index is 1.91. The Morgan fingerprint density at radius 2 is 1.61 bits per heavy atom. The Bertz CT molecular complexity index is 1470. The van der Waals surface area contributed by atoms with Gasteiger partial charge >= 0.3 is 0 Å². The van der Waals surface area contributed by atoms with Crippen LogP contribution >= 0.6 is 0 Å². The van der Waals surface area contributed by atoms with Gasteiger partial charge in [-0.15, -0.1) is 5.54 Å². The molecule has 4 rings (SSSR count). The maximum Gasteiger partial charge on any atom is 0.269 e. The van der Waals surface area contributed by atoms with Gasteiger partial charge in [0, 0.05) is 43.1 Å². The van der Waals surface area contributed by atoms with E-state index < -0.39 is 18.1 Å². The summed E-state index contributed by atoms with van der Waals surface area (Å²) in [6, 6.07) is 18.6. The van der Waals surface area contributed by atoms with Gasteiger partial charge in [0.1, 0.15) is 8.07 Å². The molecule has 168 valence electrons. The molecule has 2 aromatic carbocycles. The molecule has 0 aliphatic heterocycles. The molecule has 5 nitrogen and oxygen atoms in total. The summed E-state index contributed by atoms with van der Waals surface area (Å²) in [4.78, 5) is 6.85. The molecule has 7 heteroatoms. The minimum Gasteiger partial charge on any atom is -0.378 e. The van der Waals surface area contributed by atoms with Crippen LogP contribution in [0.4, 0.5) is 5.69 Å². The van der Waals surface area contributed by atoms with Crippen molar-refractivity contribution in [1.29, 1.82) is 0 Å². The summed E-state index contributed by atoms with van der Waals surface area (Å²) < 4.78 is 28.0. The van der Waals surface area contributed by atoms with Crippen molar-refractivity contribution < 1.29 is 8.42 Å². The molecular formula is C26H27N3O2SSi. The van der Waals surface area contributed by atoms with E-state index in [4.69, 9.17) is 0 Å². The molecule has 0 radical (unpaired) electrons. The first-order chi connectivity index (χ1) is 15.6. The number of nitrogens with zero attached hydrogens (tertiary/aromatic N) is 3. The van der Waals surface area contributed by atoms with Gasteiger partial charge in [-0.1, -0.05) is 55.9 Å². The maximum absolute atomic E-state index is 13.4. The first-order valence-corrected chi connectivity index (χ1v) is 15.6. The third kappa shape index (κ3) is 4.72. The monoisotopic (exact) mass is 473 g/mol. The van der Waals surface area contributed by atoms with Gasteiger partial charge in [-0.05, 0) is 35.9 Å². The van der Waals surface area contributed by atoms with Crippen molar-refractivity contribution >= 4 is 34.8 Å². The molecule has 0 spiro atoms. The predicted molar refractivity (Wildman–Crippen MR) is 139 cm³/mol. The number of fused-ring (bicyclic) bond motifs is 1. The van der Waals surface area contributed by atoms with E-state index >= 15 is 0 Å². The zero-order valence-electron chi connectivity index (χ0n) is 19.5. The highest BCUT2D eigenvalue weighted by Crippen LogP contribution is 2.29. The molecule has 0 bridgehead atoms. The smallest absolute Gasteiger partial charge is 0.269 e. The lowest BCUT2D eigenvalue weighted by Crippen LogP contribution is -2.16. The summed E-state index contributed by atoms with van der Waals surface area (Å²) in [6.45, 7) is 6.49. The van der Waals surface area contributed by atoms with E-state index in [0.29, 0.717) is 11.2 Å². The third-order valence-electron chi connectivity index (χ3n) is 5.20. The molecule has 0 aliphatic carbocycles. The first kappa shape index (κ1) is 22.8. The lowest BCUT2D eigenvalue weighted by molar-refractivity contribution is 0.588. The first-order valence-electron chi connectivity index (χ1n) is 10.7. The lowest BCUT2D eigenvalue weighted by Gasteiger charge is -2.12. The number of anilines is 1. The molecule has 0 amide bonds. The Kier molecular flexibility index (Phi) is 5.91. The molecule has 0 N–H and O–H groups in total. The van der Waals surface area contributed by atoms with Gasteiger partial charge in [0.15, 0.2) is 5.65 Å². The van der Waals surface area contributed by atoms with Crippen molar-refractivity contribution in [2.45, 2.75) is 24.5 Å². The van der Waals surface area contributed by atoms with Crippen molar-refractivity contribution in [1.82, 2.24) is 8.96 Å². The van der Waals surface area contributed by atoms with Crippen LogP contribution in [0.2, 0.25) is 19.6 Å². The minimum absolute atomic E-state index is 0.219. The number of pyridine rings is 1. The molecule has 4 aromatic rings. The van der Waals surface area contributed by atoms with Crippen LogP contribution in [0.1, 0.15) is 5.56 Å². The van der Waals surface area contributed by atoms with E-state index in [-0.39, 0.29) is 4.90 Å². The Hall–Kier alpha value is -3.34. The third-order valence-corrected chi connectivity index (χ3v) is 7.74. The fourth-order valence-electron chi connectivity index (χ4n) is 3.43. The van der Waals surface area contributed by atoms with Crippen molar-refractivity contribution in [2.75, 3.05) is 19.0 Å². The van der Waals surface area contributed by atoms with E-state index in [1.165, 1.54) is 3.97 Å². The average molecular weight is 474 g/mol. The van der Waals surface area contributed by atoms with Crippen molar-refractivity contribution in [3.8, 4) is 22.6 Å². The highest BCUT2D eigenvalue weighted by atomic mass is 32.2. The summed E-state index contributed by atoms with van der Waals surface area (Å²) >= 11 is 0. The van der Waals surface area contributed by atoms with Gasteiger partial charge in [0.2, 0.25) is 0 Å². The van der Waals surface area contributed by atoms with Crippen LogP contribution in [0.25, 0.3) is 22.2 Å². The summed E-state index contributed by atoms with van der Waals surface area (Å²) in [5.41, 5.74) is 7.45. The van der Waals surface area contributed by atoms with E-state index in [0.717, 1.165) is 22.2 Å². The van der Waals surface area contributed by atoms with Gasteiger partial charge < -0.3 is 4.90 Å². The molecular weight excluding hydrogens is 446 g/mol. The second-order valence-corrected chi connectivity index (χ2v) is 15.8. The molecule has 0 saturated heterocycles. The van der Waals surface area contributed by atoms with Crippen LogP contribution in [-0.4, -0.2) is 39.5 Å². The van der Waals surface area contributed by atoms with Crippen LogP contribution in [0.5, 0.6) is 0 Å². The van der Waals surface area contributed by atoms with Crippen molar-refractivity contribution in [3.63, 3.8) is 0 Å². The fourth-order valence-corrected chi connectivity index (χ4v) is 5.29. The highest BCUT2D eigenvalue weighted by Gasteiger charge is 2.22. The average Bonchev–Trinajstić information content (AvgIpc) is 3.16. The topological polar surface area (TPSA) is 55.2 Å². The van der Waals surface area contributed by atoms with Gasteiger partial charge in [0.25, 0.3) is 10.0 Å². The van der Waals surface area contributed by atoms with Gasteiger partial charge in [-0.3, -0.25) is 0 Å². The van der Waals surface area contributed by atoms with Gasteiger partial charge in [-0.25, -0.2) is 17.4 Å². The zero-order chi connectivity index (χ0) is 23.8. The molecule has 0 fully saturated rings. The molecule has 2 heterocycles. The molecule has 0 unspecified atom stereocenters. The second-order valence-electron chi connectivity index (χ2n) is 9.19. The Morgan fingerprint density at radius 1 is 0.939 bits per heavy atom. The van der Waals surface area contributed by atoms with Gasteiger partial charge in [0.05, 0.1) is 10.5 Å². The molecule has 0 atom stereocenters. The number of benzene rings is 2. The number of rotatable bonds is 4. The van der Waals surface area contributed by atoms with E-state index in [1.54, 1.807) is 42.7 Å². The standard InChI is InChI=1S/C26H27N3O2SSi/c1-28(2)23-13-11-20(12-14-23)22-17-25-21(15-16-33(3,4)5)19-29(26(25)27-18-22)32(30,31)24-9-7-6-8-10-24/h6-14,17-19H,1-5H3. The molecule has 2 aromatic heterocycles. The SMILES string of the molecule is CN(C)c1ccc(-c2cnc3c(c2)c(C#C[Si](C)(C)C)cn3S(=O)(=O)c2ccccc2)cc1. The van der Waals surface area contributed by atoms with Crippen LogP contribution < -0.4 is 4.90 Å². The highest BCUT2D eigenvalue weighted by molar-refractivity contribution is 7.90. The van der Waals surface area contributed by atoms with Gasteiger partial charge in [-0.2, -0.15) is 0 Å². The zero-order valence-corrected chi connectivity index (χ0v) is 21.3. The largest absolute Gasteiger partial charge is 0.378 e. The summed E-state index contributed by atoms with van der Waals surface area (Å²) in [5, 5.41) is 0.731. The van der Waals surface area contributed by atoms with Crippen molar-refractivity contribution in [3.05, 3.63) is 78.6 Å². The van der Waals surface area contributed by atoms with E-state index in [9.17, 15) is 8.42 Å². The number of hydrogen-bond acceptors (Lipinski definition) is 4. The summed E-state index contributed by atoms with van der Waals surface area (Å²) in [6.07, 6.45) is 3.33. The predicted octanol–water partition coefficient (Wildman–Crippen LogP) is 5.24. The van der Waals surface area contributed by atoms with E-state index in [1.807, 2.05) is 37.2 Å². The quantitative estimate of drug-likeness (QED) is 0.301. The molecule has 0 aliphatic rings. The normalized spacial score (nSPS) is 11.8. The molecule has 33 heavy (non-hydrogen) atoms. The summed E-state index contributed by atoms with van der Waals surface area (Å²) in [5.74, 6) is 3.25. The van der Waals surface area contributed by atoms with E-state index in [2.05, 4.69) is 48.2 Å². The van der Waals surface area contributed by atoms with Crippen molar-refractivity contribution in [2.24, 2.45) is 0 Å². The van der Waals surface area contributed by atoms with Crippen LogP contribution in [0.3, 0.4) is 0 Å². The number of aromatic nitrogens is 2. The lowest BCUT2D eigenvalue weighted by atomic mass is 10.1. The maximum atomic E-state index is 13.4.